The molecule has 0 saturated heterocycles. The first-order valence-electron chi connectivity index (χ1n) is 8.56. The van der Waals surface area contributed by atoms with Gasteiger partial charge in [0.15, 0.2) is 0 Å². The van der Waals surface area contributed by atoms with Gasteiger partial charge in [-0.15, -0.1) is 0 Å². The second-order valence-corrected chi connectivity index (χ2v) is 8.53. The Morgan fingerprint density at radius 1 is 1.23 bits per heavy atom. The van der Waals surface area contributed by atoms with E-state index in [4.69, 9.17) is 16.3 Å². The Hall–Kier alpha value is -1.76. The molecule has 0 amide bonds. The lowest BCUT2D eigenvalue weighted by Crippen LogP contribution is -2.32. The second kappa shape index (κ2) is 7.86. The lowest BCUT2D eigenvalue weighted by molar-refractivity contribution is 0.205. The molecule has 0 fully saturated rings. The number of rotatable bonds is 6. The zero-order valence-electron chi connectivity index (χ0n) is 15.0. The van der Waals surface area contributed by atoms with Crippen LogP contribution in [0.25, 0.3) is 0 Å². The molecule has 1 N–H and O–H groups in total. The largest absolute Gasteiger partial charge is 0.383 e. The van der Waals surface area contributed by atoms with Crippen molar-refractivity contribution in [3.05, 3.63) is 52.5 Å². The summed E-state index contributed by atoms with van der Waals surface area (Å²) in [5.74, 6) is 0. The summed E-state index contributed by atoms with van der Waals surface area (Å²) in [6.45, 7) is 4.12. The number of aryl methyl sites for hydroxylation is 2. The van der Waals surface area contributed by atoms with Crippen LogP contribution in [-0.4, -0.2) is 35.2 Å². The standard InChI is InChI=1S/C19H23ClN2O3S/c1-14-5-7-16(20)12-19(14)26(23,24)21-17-8-6-15-4-3-9-22(10-11-25-2)18(15)13-17/h5-8,12-13,21H,3-4,9-11H2,1-2H3. The maximum atomic E-state index is 12.8. The van der Waals surface area contributed by atoms with E-state index in [1.807, 2.05) is 18.2 Å². The fourth-order valence-electron chi connectivity index (χ4n) is 3.22. The maximum Gasteiger partial charge on any atom is 0.262 e. The number of hydrogen-bond donors (Lipinski definition) is 1. The molecule has 0 saturated carbocycles. The van der Waals surface area contributed by atoms with Gasteiger partial charge < -0.3 is 9.64 Å². The van der Waals surface area contributed by atoms with Gasteiger partial charge in [0, 0.05) is 30.9 Å². The highest BCUT2D eigenvalue weighted by molar-refractivity contribution is 7.92. The van der Waals surface area contributed by atoms with Gasteiger partial charge in [0.2, 0.25) is 0 Å². The van der Waals surface area contributed by atoms with Crippen LogP contribution in [-0.2, 0) is 21.2 Å². The zero-order valence-corrected chi connectivity index (χ0v) is 16.5. The third-order valence-electron chi connectivity index (χ3n) is 4.56. The topological polar surface area (TPSA) is 58.6 Å². The minimum Gasteiger partial charge on any atom is -0.383 e. The van der Waals surface area contributed by atoms with Crippen molar-refractivity contribution in [2.75, 3.05) is 36.4 Å². The third-order valence-corrected chi connectivity index (χ3v) is 6.32. The van der Waals surface area contributed by atoms with E-state index in [2.05, 4.69) is 9.62 Å². The molecule has 0 unspecified atom stereocenters. The molecule has 0 aliphatic carbocycles. The van der Waals surface area contributed by atoms with Crippen molar-refractivity contribution in [1.29, 1.82) is 0 Å². The number of anilines is 2. The molecule has 1 heterocycles. The summed E-state index contributed by atoms with van der Waals surface area (Å²) >= 11 is 5.98. The van der Waals surface area contributed by atoms with Gasteiger partial charge in [0.25, 0.3) is 10.0 Å². The average Bonchev–Trinajstić information content (AvgIpc) is 2.61. The van der Waals surface area contributed by atoms with E-state index in [0.29, 0.717) is 22.9 Å². The molecular formula is C19H23ClN2O3S. The summed E-state index contributed by atoms with van der Waals surface area (Å²) in [6, 6.07) is 10.6. The van der Waals surface area contributed by atoms with Crippen molar-refractivity contribution in [2.45, 2.75) is 24.7 Å². The molecule has 0 spiro atoms. The highest BCUT2D eigenvalue weighted by atomic mass is 35.5. The van der Waals surface area contributed by atoms with Crippen LogP contribution in [0.15, 0.2) is 41.3 Å². The fraction of sp³-hybridized carbons (Fsp3) is 0.368. The molecular weight excluding hydrogens is 372 g/mol. The zero-order chi connectivity index (χ0) is 18.7. The fourth-order valence-corrected chi connectivity index (χ4v) is 4.78. The van der Waals surface area contributed by atoms with Crippen molar-refractivity contribution in [3.63, 3.8) is 0 Å². The van der Waals surface area contributed by atoms with Gasteiger partial charge in [-0.3, -0.25) is 4.72 Å². The SMILES string of the molecule is COCCN1CCCc2ccc(NS(=O)(=O)c3cc(Cl)ccc3C)cc21. The number of hydrogen-bond acceptors (Lipinski definition) is 4. The quantitative estimate of drug-likeness (QED) is 0.808. The molecule has 3 rings (SSSR count). The Bertz CT molecular complexity index is 900. The van der Waals surface area contributed by atoms with Gasteiger partial charge >= 0.3 is 0 Å². The van der Waals surface area contributed by atoms with Crippen LogP contribution in [0.4, 0.5) is 11.4 Å². The number of fused-ring (bicyclic) bond motifs is 1. The molecule has 0 bridgehead atoms. The number of ether oxygens (including phenoxy) is 1. The minimum absolute atomic E-state index is 0.193. The number of nitrogens with one attached hydrogen (secondary N) is 1. The van der Waals surface area contributed by atoms with E-state index in [-0.39, 0.29) is 4.90 Å². The molecule has 7 heteroatoms. The molecule has 2 aromatic carbocycles. The first kappa shape index (κ1) is 19.0. The van der Waals surface area contributed by atoms with E-state index < -0.39 is 10.0 Å². The van der Waals surface area contributed by atoms with Crippen LogP contribution < -0.4 is 9.62 Å². The second-order valence-electron chi connectivity index (χ2n) is 6.44. The van der Waals surface area contributed by atoms with Crippen LogP contribution in [0.3, 0.4) is 0 Å². The number of nitrogens with zero attached hydrogens (tertiary/aromatic N) is 1. The summed E-state index contributed by atoms with van der Waals surface area (Å²) in [4.78, 5) is 2.43. The third kappa shape index (κ3) is 4.14. The van der Waals surface area contributed by atoms with Crippen LogP contribution >= 0.6 is 11.6 Å². The normalized spacial score (nSPS) is 14.2. The number of methoxy groups -OCH3 is 1. The maximum absolute atomic E-state index is 12.8. The van der Waals surface area contributed by atoms with Gasteiger partial charge in [-0.05, 0) is 55.2 Å². The van der Waals surface area contributed by atoms with E-state index in [1.165, 1.54) is 11.6 Å². The van der Waals surface area contributed by atoms with Crippen LogP contribution in [0.1, 0.15) is 17.5 Å². The van der Waals surface area contributed by atoms with Gasteiger partial charge in [0.05, 0.1) is 17.2 Å². The summed E-state index contributed by atoms with van der Waals surface area (Å²) in [5.41, 5.74) is 3.50. The van der Waals surface area contributed by atoms with Crippen molar-refractivity contribution in [1.82, 2.24) is 0 Å². The van der Waals surface area contributed by atoms with E-state index in [0.717, 1.165) is 31.6 Å². The lowest BCUT2D eigenvalue weighted by Gasteiger charge is -2.31. The molecule has 1 aliphatic rings. The summed E-state index contributed by atoms with van der Waals surface area (Å²) in [5, 5.41) is 0.396. The van der Waals surface area contributed by atoms with Crippen LogP contribution in [0, 0.1) is 6.92 Å². The molecule has 2 aromatic rings. The van der Waals surface area contributed by atoms with Crippen LogP contribution in [0.2, 0.25) is 5.02 Å². The molecule has 0 radical (unpaired) electrons. The van der Waals surface area contributed by atoms with Crippen molar-refractivity contribution < 1.29 is 13.2 Å². The number of sulfonamides is 1. The summed E-state index contributed by atoms with van der Waals surface area (Å²) in [7, 11) is -2.02. The van der Waals surface area contributed by atoms with Crippen LogP contribution in [0.5, 0.6) is 0 Å². The predicted octanol–water partition coefficient (Wildman–Crippen LogP) is 3.85. The van der Waals surface area contributed by atoms with Gasteiger partial charge in [-0.25, -0.2) is 8.42 Å². The molecule has 0 aromatic heterocycles. The Balaban J connectivity index is 1.89. The Morgan fingerprint density at radius 2 is 2.04 bits per heavy atom. The monoisotopic (exact) mass is 394 g/mol. The molecule has 0 atom stereocenters. The van der Waals surface area contributed by atoms with E-state index in [1.54, 1.807) is 26.2 Å². The van der Waals surface area contributed by atoms with Crippen molar-refractivity contribution in [2.24, 2.45) is 0 Å². The molecule has 26 heavy (non-hydrogen) atoms. The smallest absolute Gasteiger partial charge is 0.262 e. The highest BCUT2D eigenvalue weighted by Gasteiger charge is 2.21. The first-order chi connectivity index (χ1) is 12.4. The van der Waals surface area contributed by atoms with Gasteiger partial charge in [-0.2, -0.15) is 0 Å². The lowest BCUT2D eigenvalue weighted by atomic mass is 10.0. The van der Waals surface area contributed by atoms with Gasteiger partial charge in [0.1, 0.15) is 0 Å². The molecule has 5 nitrogen and oxygen atoms in total. The van der Waals surface area contributed by atoms with Crippen molar-refractivity contribution in [3.8, 4) is 0 Å². The molecule has 140 valence electrons. The van der Waals surface area contributed by atoms with Crippen molar-refractivity contribution >= 4 is 33.0 Å². The van der Waals surface area contributed by atoms with E-state index >= 15 is 0 Å². The summed E-state index contributed by atoms with van der Waals surface area (Å²) < 4.78 is 33.5. The Labute approximate surface area is 160 Å². The van der Waals surface area contributed by atoms with E-state index in [9.17, 15) is 8.42 Å². The minimum atomic E-state index is -3.71. The predicted molar refractivity (Wildman–Crippen MR) is 106 cm³/mol. The number of benzene rings is 2. The average molecular weight is 395 g/mol. The molecule has 1 aliphatic heterocycles. The highest BCUT2D eigenvalue weighted by Crippen LogP contribution is 2.31. The Kier molecular flexibility index (Phi) is 5.75. The Morgan fingerprint density at radius 3 is 2.81 bits per heavy atom. The number of halogens is 1. The summed E-state index contributed by atoms with van der Waals surface area (Å²) in [6.07, 6.45) is 2.09. The van der Waals surface area contributed by atoms with Gasteiger partial charge in [-0.1, -0.05) is 23.7 Å². The first-order valence-corrected chi connectivity index (χ1v) is 10.4.